The quantitative estimate of drug-likeness (QED) is 0.806. The Morgan fingerprint density at radius 2 is 1.82 bits per heavy atom. The Morgan fingerprint density at radius 1 is 1.04 bits per heavy atom. The summed E-state index contributed by atoms with van der Waals surface area (Å²) in [6.07, 6.45) is 8.07. The maximum atomic E-state index is 12.7. The largest absolute Gasteiger partial charge is 0.336 e. The van der Waals surface area contributed by atoms with Crippen molar-refractivity contribution in [3.63, 3.8) is 0 Å². The van der Waals surface area contributed by atoms with Crippen LogP contribution in [0.25, 0.3) is 0 Å². The van der Waals surface area contributed by atoms with Crippen molar-refractivity contribution in [1.82, 2.24) is 15.3 Å². The van der Waals surface area contributed by atoms with Crippen LogP contribution in [-0.2, 0) is 4.79 Å². The molecule has 0 saturated heterocycles. The third kappa shape index (κ3) is 5.17. The Balaban J connectivity index is 1.78. The summed E-state index contributed by atoms with van der Waals surface area (Å²) in [5.41, 5.74) is 1.61. The molecule has 144 valence electrons. The van der Waals surface area contributed by atoms with Crippen LogP contribution in [0, 0.1) is 18.8 Å². The number of pyridine rings is 2. The van der Waals surface area contributed by atoms with E-state index in [-0.39, 0.29) is 11.8 Å². The average molecular weight is 376 g/mol. The molecule has 6 nitrogen and oxygen atoms in total. The molecule has 1 fully saturated rings. The molecule has 6 heteroatoms. The fourth-order valence-corrected chi connectivity index (χ4v) is 3.24. The molecule has 0 atom stereocenters. The molecule has 0 radical (unpaired) electrons. The van der Waals surface area contributed by atoms with Gasteiger partial charge in [0.15, 0.2) is 0 Å². The predicted molar refractivity (Wildman–Crippen MR) is 108 cm³/mol. The Hall–Kier alpha value is -3.20. The molecule has 1 aliphatic rings. The third-order valence-corrected chi connectivity index (χ3v) is 4.75. The molecular formula is C22H24N4O2. The molecule has 2 amide bonds. The van der Waals surface area contributed by atoms with Crippen LogP contribution in [0.5, 0.6) is 0 Å². The molecule has 2 aromatic rings. The van der Waals surface area contributed by atoms with E-state index >= 15 is 0 Å². The minimum atomic E-state index is -0.545. The monoisotopic (exact) mass is 376 g/mol. The van der Waals surface area contributed by atoms with E-state index in [9.17, 15) is 9.59 Å². The zero-order chi connectivity index (χ0) is 20.0. The van der Waals surface area contributed by atoms with Crippen molar-refractivity contribution in [2.75, 3.05) is 5.32 Å². The number of hydrogen-bond donors (Lipinski definition) is 2. The van der Waals surface area contributed by atoms with Crippen molar-refractivity contribution in [3.05, 3.63) is 53.5 Å². The zero-order valence-corrected chi connectivity index (χ0v) is 16.2. The summed E-state index contributed by atoms with van der Waals surface area (Å²) in [6.45, 7) is 3.33. The minimum absolute atomic E-state index is 0.150. The number of amides is 2. The van der Waals surface area contributed by atoms with E-state index in [0.717, 1.165) is 43.4 Å². The van der Waals surface area contributed by atoms with Gasteiger partial charge in [0.2, 0.25) is 5.91 Å². The average Bonchev–Trinajstić information content (AvgIpc) is 2.68. The number of carbonyl (C=O) groups excluding carboxylic acids is 2. The van der Waals surface area contributed by atoms with Gasteiger partial charge in [-0.15, -0.1) is 0 Å². The summed E-state index contributed by atoms with van der Waals surface area (Å²) in [5.74, 6) is 6.62. The normalized spacial score (nSPS) is 15.1. The van der Waals surface area contributed by atoms with Crippen LogP contribution in [0.1, 0.15) is 60.6 Å². The number of aryl methyl sites for hydroxylation is 1. The van der Waals surface area contributed by atoms with Gasteiger partial charge in [-0.1, -0.05) is 31.1 Å². The topological polar surface area (TPSA) is 84.0 Å². The smallest absolute Gasteiger partial charge is 0.254 e. The number of carbonyl (C=O) groups is 2. The highest BCUT2D eigenvalue weighted by molar-refractivity contribution is 5.94. The van der Waals surface area contributed by atoms with Crippen molar-refractivity contribution in [1.29, 1.82) is 0 Å². The van der Waals surface area contributed by atoms with E-state index in [1.807, 2.05) is 19.1 Å². The fourth-order valence-electron chi connectivity index (χ4n) is 3.24. The van der Waals surface area contributed by atoms with E-state index in [0.29, 0.717) is 11.4 Å². The molecule has 0 bridgehead atoms. The van der Waals surface area contributed by atoms with Crippen molar-refractivity contribution >= 4 is 17.6 Å². The summed E-state index contributed by atoms with van der Waals surface area (Å²) >= 11 is 0. The number of aromatic nitrogens is 2. The first kappa shape index (κ1) is 19.6. The lowest BCUT2D eigenvalue weighted by Gasteiger charge is -2.33. The van der Waals surface area contributed by atoms with E-state index in [2.05, 4.69) is 32.4 Å². The molecule has 0 aliphatic heterocycles. The zero-order valence-electron chi connectivity index (χ0n) is 16.2. The molecule has 28 heavy (non-hydrogen) atoms. The lowest BCUT2D eigenvalue weighted by molar-refractivity contribution is -0.114. The first-order valence-corrected chi connectivity index (χ1v) is 9.48. The van der Waals surface area contributed by atoms with E-state index in [1.54, 1.807) is 24.5 Å². The molecule has 2 heterocycles. The fraction of sp³-hybridized carbons (Fsp3) is 0.364. The maximum Gasteiger partial charge on any atom is 0.254 e. The Kier molecular flexibility index (Phi) is 6.05. The van der Waals surface area contributed by atoms with Crippen molar-refractivity contribution in [3.8, 4) is 11.8 Å². The first-order chi connectivity index (χ1) is 13.5. The number of nitrogens with one attached hydrogen (secondary N) is 2. The first-order valence-electron chi connectivity index (χ1n) is 9.48. The van der Waals surface area contributed by atoms with E-state index in [4.69, 9.17) is 0 Å². The highest BCUT2D eigenvalue weighted by Crippen LogP contribution is 2.28. The highest BCUT2D eigenvalue weighted by Gasteiger charge is 2.32. The van der Waals surface area contributed by atoms with Gasteiger partial charge in [0.25, 0.3) is 5.91 Å². The van der Waals surface area contributed by atoms with Gasteiger partial charge in [-0.05, 0) is 44.0 Å². The van der Waals surface area contributed by atoms with E-state index < -0.39 is 5.54 Å². The van der Waals surface area contributed by atoms with Gasteiger partial charge in [0, 0.05) is 30.6 Å². The number of rotatable bonds is 3. The molecule has 2 aromatic heterocycles. The second-order valence-corrected chi connectivity index (χ2v) is 7.15. The molecule has 1 saturated carbocycles. The summed E-state index contributed by atoms with van der Waals surface area (Å²) in [6, 6.07) is 7.14. The SMILES string of the molecule is CC(=O)Nc1ccc(C#CC2(NC(=O)c3ccc(C)nc3)CCCCC2)cn1. The third-order valence-electron chi connectivity index (χ3n) is 4.75. The van der Waals surface area contributed by atoms with Gasteiger partial charge >= 0.3 is 0 Å². The van der Waals surface area contributed by atoms with Crippen LogP contribution in [0.3, 0.4) is 0 Å². The van der Waals surface area contributed by atoms with Gasteiger partial charge in [-0.2, -0.15) is 0 Å². The van der Waals surface area contributed by atoms with Gasteiger partial charge < -0.3 is 10.6 Å². The molecular weight excluding hydrogens is 352 g/mol. The van der Waals surface area contributed by atoms with Gasteiger partial charge in [-0.25, -0.2) is 4.98 Å². The predicted octanol–water partition coefficient (Wildman–Crippen LogP) is 3.23. The van der Waals surface area contributed by atoms with Crippen LogP contribution >= 0.6 is 0 Å². The van der Waals surface area contributed by atoms with Crippen molar-refractivity contribution < 1.29 is 9.59 Å². The van der Waals surface area contributed by atoms with Crippen LogP contribution in [0.4, 0.5) is 5.82 Å². The van der Waals surface area contributed by atoms with Crippen molar-refractivity contribution in [2.45, 2.75) is 51.5 Å². The minimum Gasteiger partial charge on any atom is -0.336 e. The lowest BCUT2D eigenvalue weighted by Crippen LogP contribution is -2.48. The lowest BCUT2D eigenvalue weighted by atomic mass is 9.81. The molecule has 0 spiro atoms. The van der Waals surface area contributed by atoms with Crippen LogP contribution in [0.2, 0.25) is 0 Å². The Bertz CT molecular complexity index is 902. The van der Waals surface area contributed by atoms with Gasteiger partial charge in [0.05, 0.1) is 5.56 Å². The number of hydrogen-bond acceptors (Lipinski definition) is 4. The second kappa shape index (κ2) is 8.66. The maximum absolute atomic E-state index is 12.7. The standard InChI is InChI=1S/C22H24N4O2/c1-16-6-8-19(15-23-16)21(28)26-22(11-4-3-5-12-22)13-10-18-7-9-20(24-14-18)25-17(2)27/h6-9,14-15H,3-5,11-12H2,1-2H3,(H,26,28)(H,24,25,27). The molecule has 0 unspecified atom stereocenters. The Labute approximate surface area is 165 Å². The molecule has 2 N–H and O–H groups in total. The number of anilines is 1. The summed E-state index contributed by atoms with van der Waals surface area (Å²) < 4.78 is 0. The summed E-state index contributed by atoms with van der Waals surface area (Å²) in [5, 5.41) is 5.78. The van der Waals surface area contributed by atoms with Crippen molar-refractivity contribution in [2.24, 2.45) is 0 Å². The second-order valence-electron chi connectivity index (χ2n) is 7.15. The van der Waals surface area contributed by atoms with Gasteiger partial charge in [0.1, 0.15) is 11.4 Å². The molecule has 1 aliphatic carbocycles. The molecule has 3 rings (SSSR count). The van der Waals surface area contributed by atoms with Crippen LogP contribution in [-0.4, -0.2) is 27.3 Å². The van der Waals surface area contributed by atoms with Crippen LogP contribution in [0.15, 0.2) is 36.7 Å². The molecule has 0 aromatic carbocycles. The summed E-state index contributed by atoms with van der Waals surface area (Å²) in [7, 11) is 0. The van der Waals surface area contributed by atoms with Crippen LogP contribution < -0.4 is 10.6 Å². The number of nitrogens with zero attached hydrogens (tertiary/aromatic N) is 2. The Morgan fingerprint density at radius 3 is 2.43 bits per heavy atom. The van der Waals surface area contributed by atoms with Gasteiger partial charge in [-0.3, -0.25) is 14.6 Å². The summed E-state index contributed by atoms with van der Waals surface area (Å²) in [4.78, 5) is 32.2. The van der Waals surface area contributed by atoms with E-state index in [1.165, 1.54) is 6.92 Å². The highest BCUT2D eigenvalue weighted by atomic mass is 16.2.